The monoisotopic (exact) mass is 986 g/mol. The molecule has 1 unspecified atom stereocenters. The minimum Gasteiger partial charge on any atom is -0.310 e. The van der Waals surface area contributed by atoms with Crippen LogP contribution < -0.4 is 4.90 Å². The number of para-hydroxylation sites is 3. The van der Waals surface area contributed by atoms with Crippen molar-refractivity contribution in [2.45, 2.75) is 10.8 Å². The summed E-state index contributed by atoms with van der Waals surface area (Å²) in [6, 6.07) is 106. The summed E-state index contributed by atoms with van der Waals surface area (Å²) in [6.07, 6.45) is 0. The van der Waals surface area contributed by atoms with Crippen LogP contribution in [-0.4, -0.2) is 4.57 Å². The molecule has 2 spiro atoms. The predicted molar refractivity (Wildman–Crippen MR) is 323 cm³/mol. The molecule has 13 aromatic carbocycles. The SMILES string of the molecule is c1ccc2c(c1)-c1ccccc1C21c2ccccc2-c2ccc(N(c3ccc4cc(-c5ccc6c(c5)C5(c7ccccc7-6)c6ccccc6-n6c7ccccc7c7cccc5c76)ccc4c3)c3cccc4ccccc34)cc21. The van der Waals surface area contributed by atoms with Gasteiger partial charge >= 0.3 is 0 Å². The van der Waals surface area contributed by atoms with Gasteiger partial charge in [0.2, 0.25) is 0 Å². The van der Waals surface area contributed by atoms with Crippen molar-refractivity contribution in [2.24, 2.45) is 0 Å². The van der Waals surface area contributed by atoms with Gasteiger partial charge < -0.3 is 9.47 Å². The van der Waals surface area contributed by atoms with Crippen molar-refractivity contribution in [3.8, 4) is 50.2 Å². The molecule has 1 aromatic heterocycles. The van der Waals surface area contributed by atoms with Crippen LogP contribution >= 0.6 is 0 Å². The van der Waals surface area contributed by atoms with E-state index in [1.54, 1.807) is 0 Å². The molecule has 0 amide bonds. The van der Waals surface area contributed by atoms with Crippen LogP contribution in [0.3, 0.4) is 0 Å². The number of nitrogens with zero attached hydrogens (tertiary/aromatic N) is 2. The molecule has 1 aliphatic heterocycles. The predicted octanol–water partition coefficient (Wildman–Crippen LogP) is 19.2. The maximum Gasteiger partial charge on any atom is 0.0754 e. The van der Waals surface area contributed by atoms with Gasteiger partial charge in [0.05, 0.1) is 33.2 Å². The molecular formula is C76H46N2. The molecule has 0 fully saturated rings. The van der Waals surface area contributed by atoms with Crippen molar-refractivity contribution in [3.63, 3.8) is 0 Å². The summed E-state index contributed by atoms with van der Waals surface area (Å²) in [6.45, 7) is 0. The fraction of sp³-hybridized carbons (Fsp3) is 0.0263. The Kier molecular flexibility index (Phi) is 8.29. The minimum atomic E-state index is -0.510. The van der Waals surface area contributed by atoms with Crippen molar-refractivity contribution in [3.05, 3.63) is 324 Å². The van der Waals surface area contributed by atoms with Crippen molar-refractivity contribution in [1.82, 2.24) is 4.57 Å². The molecule has 0 saturated carbocycles. The Hall–Kier alpha value is -10.0. The lowest BCUT2D eigenvalue weighted by Gasteiger charge is -2.39. The lowest BCUT2D eigenvalue weighted by atomic mass is 9.65. The molecule has 360 valence electrons. The zero-order valence-corrected chi connectivity index (χ0v) is 42.5. The van der Waals surface area contributed by atoms with Crippen molar-refractivity contribution < 1.29 is 0 Å². The Balaban J connectivity index is 0.809. The second-order valence-electron chi connectivity index (χ2n) is 21.8. The molecule has 0 radical (unpaired) electrons. The Bertz CT molecular complexity index is 4890. The van der Waals surface area contributed by atoms with Crippen LogP contribution in [-0.2, 0) is 10.8 Å². The molecule has 2 heterocycles. The zero-order valence-electron chi connectivity index (χ0n) is 42.5. The van der Waals surface area contributed by atoms with Crippen LogP contribution in [0.1, 0.15) is 44.5 Å². The number of benzene rings is 13. The normalized spacial score (nSPS) is 15.3. The third kappa shape index (κ3) is 5.22. The summed E-state index contributed by atoms with van der Waals surface area (Å²) < 4.78 is 2.53. The van der Waals surface area contributed by atoms with Crippen LogP contribution in [0.15, 0.2) is 279 Å². The Morgan fingerprint density at radius 2 is 0.731 bits per heavy atom. The van der Waals surface area contributed by atoms with E-state index in [0.717, 1.165) is 17.1 Å². The number of hydrogen-bond acceptors (Lipinski definition) is 1. The Labute approximate surface area is 452 Å². The molecule has 4 aliphatic rings. The second kappa shape index (κ2) is 15.3. The summed E-state index contributed by atoms with van der Waals surface area (Å²) in [5, 5.41) is 7.39. The first kappa shape index (κ1) is 42.2. The fourth-order valence-electron chi connectivity index (χ4n) is 15.3. The van der Waals surface area contributed by atoms with Crippen molar-refractivity contribution in [2.75, 3.05) is 4.90 Å². The first-order valence-electron chi connectivity index (χ1n) is 27.3. The quantitative estimate of drug-likeness (QED) is 0.171. The van der Waals surface area contributed by atoms with Crippen molar-refractivity contribution >= 4 is 60.4 Å². The third-order valence-corrected chi connectivity index (χ3v) is 18.4. The minimum absolute atomic E-state index is 0.451. The van der Waals surface area contributed by atoms with E-state index in [2.05, 4.69) is 289 Å². The van der Waals surface area contributed by atoms with Gasteiger partial charge in [-0.15, -0.1) is 0 Å². The standard InChI is InChI=1S/C76H46N2/c1-2-19-54-47(17-1)18-15-34-71(54)77(53-40-42-60-58-23-5-10-28-65(58)75(70(60)46-53)63-26-8-3-20-55(63)56-21-4-9-27-64(56)75)52-39-37-49-43-48(35-36-50(49)44-52)51-38-41-59-57-22-6-11-29-66(57)76(69(59)45-51)67-30-12-14-33-73(67)78-72-32-13-7-24-61(72)62-25-16-31-68(76)74(62)78/h1-46H. The molecular weight excluding hydrogens is 941 g/mol. The van der Waals surface area contributed by atoms with Gasteiger partial charge in [0.1, 0.15) is 0 Å². The highest BCUT2D eigenvalue weighted by atomic mass is 15.1. The number of rotatable bonds is 4. The molecule has 2 nitrogen and oxygen atoms in total. The number of anilines is 3. The number of aromatic nitrogens is 1. The van der Waals surface area contributed by atoms with E-state index >= 15 is 0 Å². The topological polar surface area (TPSA) is 8.17 Å². The average Bonchev–Trinajstić information content (AvgIpc) is 3.19. The van der Waals surface area contributed by atoms with Crippen LogP contribution in [0.5, 0.6) is 0 Å². The zero-order chi connectivity index (χ0) is 50.8. The van der Waals surface area contributed by atoms with Crippen molar-refractivity contribution in [1.29, 1.82) is 0 Å². The fourth-order valence-corrected chi connectivity index (χ4v) is 15.3. The molecule has 1 atom stereocenters. The largest absolute Gasteiger partial charge is 0.310 e. The highest BCUT2D eigenvalue weighted by Crippen LogP contribution is 2.64. The van der Waals surface area contributed by atoms with E-state index in [0.29, 0.717) is 0 Å². The average molecular weight is 987 g/mol. The van der Waals surface area contributed by atoms with Gasteiger partial charge in [-0.25, -0.2) is 0 Å². The maximum absolute atomic E-state index is 2.53. The second-order valence-corrected chi connectivity index (χ2v) is 21.8. The molecule has 0 saturated heterocycles. The number of hydrogen-bond donors (Lipinski definition) is 0. The summed E-state index contributed by atoms with van der Waals surface area (Å²) in [5.74, 6) is 0. The van der Waals surface area contributed by atoms with E-state index in [-0.39, 0.29) is 0 Å². The van der Waals surface area contributed by atoms with Crippen LogP contribution in [0.25, 0.3) is 93.5 Å². The summed E-state index contributed by atoms with van der Waals surface area (Å²) in [7, 11) is 0. The lowest BCUT2D eigenvalue weighted by Crippen LogP contribution is -2.33. The van der Waals surface area contributed by atoms with E-state index in [9.17, 15) is 0 Å². The molecule has 0 bridgehead atoms. The Morgan fingerprint density at radius 3 is 1.46 bits per heavy atom. The lowest BCUT2D eigenvalue weighted by molar-refractivity contribution is 0.749. The number of fused-ring (bicyclic) bond motifs is 24. The van der Waals surface area contributed by atoms with E-state index in [1.807, 2.05) is 0 Å². The Morgan fingerprint density at radius 1 is 0.269 bits per heavy atom. The van der Waals surface area contributed by atoms with Gasteiger partial charge in [0, 0.05) is 27.5 Å². The van der Waals surface area contributed by atoms with Crippen LogP contribution in [0.4, 0.5) is 17.1 Å². The van der Waals surface area contributed by atoms with Gasteiger partial charge in [-0.05, 0) is 160 Å². The molecule has 0 N–H and O–H groups in total. The smallest absolute Gasteiger partial charge is 0.0754 e. The summed E-state index contributed by atoms with van der Waals surface area (Å²) in [5.41, 5.74) is 27.1. The highest BCUT2D eigenvalue weighted by Gasteiger charge is 2.53. The van der Waals surface area contributed by atoms with Gasteiger partial charge in [-0.2, -0.15) is 0 Å². The first-order valence-corrected chi connectivity index (χ1v) is 27.3. The molecule has 3 aliphatic carbocycles. The maximum atomic E-state index is 2.53. The molecule has 14 aromatic rings. The van der Waals surface area contributed by atoms with Crippen LogP contribution in [0.2, 0.25) is 0 Å². The van der Waals surface area contributed by atoms with Gasteiger partial charge in [-0.3, -0.25) is 0 Å². The van der Waals surface area contributed by atoms with Crippen LogP contribution in [0, 0.1) is 0 Å². The van der Waals surface area contributed by atoms with E-state index in [1.165, 1.54) is 138 Å². The molecule has 18 rings (SSSR count). The van der Waals surface area contributed by atoms with Gasteiger partial charge in [0.15, 0.2) is 0 Å². The third-order valence-electron chi connectivity index (χ3n) is 18.4. The van der Waals surface area contributed by atoms with Gasteiger partial charge in [-0.1, -0.05) is 224 Å². The summed E-state index contributed by atoms with van der Waals surface area (Å²) >= 11 is 0. The first-order chi connectivity index (χ1) is 38.7. The molecule has 78 heavy (non-hydrogen) atoms. The van der Waals surface area contributed by atoms with E-state index in [4.69, 9.17) is 0 Å². The van der Waals surface area contributed by atoms with Gasteiger partial charge in [0.25, 0.3) is 0 Å². The summed E-state index contributed by atoms with van der Waals surface area (Å²) in [4.78, 5) is 2.50. The molecule has 2 heteroatoms. The van der Waals surface area contributed by atoms with E-state index < -0.39 is 10.8 Å². The highest BCUT2D eigenvalue weighted by molar-refractivity contribution is 6.13.